The largest absolute Gasteiger partial charge is 0.504 e. The molecule has 1 aliphatic carbocycles. The van der Waals surface area contributed by atoms with E-state index in [-0.39, 0.29) is 29.6 Å². The van der Waals surface area contributed by atoms with Gasteiger partial charge in [0, 0.05) is 0 Å². The number of aliphatic hydroxyl groups excluding tert-OH is 2. The van der Waals surface area contributed by atoms with Gasteiger partial charge in [-0.25, -0.2) is 0 Å². The van der Waals surface area contributed by atoms with Gasteiger partial charge in [-0.15, -0.1) is 0 Å². The smallest absolute Gasteiger partial charge is 0.200 e. The average molecular weight is 519 g/mol. The van der Waals surface area contributed by atoms with Gasteiger partial charge < -0.3 is 39.4 Å². The fourth-order valence-corrected chi connectivity index (χ4v) is 5.11. The maximum Gasteiger partial charge on any atom is 0.200 e. The minimum absolute atomic E-state index is 0.0532. The molecule has 3 rings (SSSR count). The van der Waals surface area contributed by atoms with E-state index >= 15 is 0 Å². The van der Waals surface area contributed by atoms with E-state index in [0.29, 0.717) is 42.9 Å². The molecule has 0 radical (unpaired) electrons. The van der Waals surface area contributed by atoms with E-state index in [0.717, 1.165) is 43.2 Å². The van der Waals surface area contributed by atoms with Crippen molar-refractivity contribution in [2.24, 2.45) is 5.92 Å². The number of phenolic OH excluding ortho intramolecular Hbond substituents is 2. The van der Waals surface area contributed by atoms with Crippen LogP contribution in [0.1, 0.15) is 63.0 Å². The molecule has 0 bridgehead atoms. The Morgan fingerprint density at radius 1 is 0.946 bits per heavy atom. The quantitative estimate of drug-likeness (QED) is 0.250. The van der Waals surface area contributed by atoms with Crippen LogP contribution in [0.2, 0.25) is 0 Å². The first-order chi connectivity index (χ1) is 17.9. The molecule has 0 heterocycles. The molecule has 37 heavy (non-hydrogen) atoms. The molecule has 0 aliphatic heterocycles. The minimum Gasteiger partial charge on any atom is -0.504 e. The van der Waals surface area contributed by atoms with Gasteiger partial charge in [0.05, 0.1) is 32.5 Å². The van der Waals surface area contributed by atoms with Gasteiger partial charge >= 0.3 is 0 Å². The lowest BCUT2D eigenvalue weighted by Gasteiger charge is -2.28. The standard InChI is InChI=1S/C29H42O8/c1-4-21(13-19-10-12-24(32)26(14-19)37-23-7-5-6-8-23)25(36-18-30)17-22(31)11-9-20-15-27(34-2)29(33)28(16-20)35-3/h10,12,14-16,21-23,25,30-33H,4-9,11,13,17-18H2,1-3H3/t21-,22+,25-/m1/s1. The zero-order chi connectivity index (χ0) is 26.8. The van der Waals surface area contributed by atoms with Crippen LogP contribution in [-0.2, 0) is 17.6 Å². The Morgan fingerprint density at radius 3 is 2.19 bits per heavy atom. The predicted octanol–water partition coefficient (Wildman–Crippen LogP) is 4.72. The Kier molecular flexibility index (Phi) is 11.2. The molecular weight excluding hydrogens is 476 g/mol. The van der Waals surface area contributed by atoms with Crippen molar-refractivity contribution in [2.45, 2.75) is 83.0 Å². The fraction of sp³-hybridized carbons (Fsp3) is 0.586. The van der Waals surface area contributed by atoms with E-state index in [1.54, 1.807) is 18.2 Å². The van der Waals surface area contributed by atoms with Gasteiger partial charge in [0.1, 0.15) is 6.79 Å². The molecule has 1 aliphatic rings. The molecule has 0 spiro atoms. The molecule has 8 nitrogen and oxygen atoms in total. The van der Waals surface area contributed by atoms with E-state index in [9.17, 15) is 20.4 Å². The Labute approximate surface area is 219 Å². The maximum absolute atomic E-state index is 10.8. The van der Waals surface area contributed by atoms with Crippen molar-refractivity contribution in [3.8, 4) is 28.7 Å². The van der Waals surface area contributed by atoms with Crippen molar-refractivity contribution in [2.75, 3.05) is 21.0 Å². The van der Waals surface area contributed by atoms with Crippen LogP contribution in [0, 0.1) is 5.92 Å². The number of methoxy groups -OCH3 is 2. The van der Waals surface area contributed by atoms with Crippen LogP contribution in [0.5, 0.6) is 28.7 Å². The van der Waals surface area contributed by atoms with Gasteiger partial charge in [-0.2, -0.15) is 0 Å². The molecule has 3 atom stereocenters. The van der Waals surface area contributed by atoms with E-state index < -0.39 is 12.9 Å². The highest BCUT2D eigenvalue weighted by Gasteiger charge is 2.25. The third-order valence-corrected chi connectivity index (χ3v) is 7.27. The topological polar surface area (TPSA) is 118 Å². The van der Waals surface area contributed by atoms with Crippen molar-refractivity contribution in [1.82, 2.24) is 0 Å². The number of aryl methyl sites for hydroxylation is 1. The van der Waals surface area contributed by atoms with E-state index in [4.69, 9.17) is 18.9 Å². The monoisotopic (exact) mass is 518 g/mol. The van der Waals surface area contributed by atoms with Crippen molar-refractivity contribution < 1.29 is 39.4 Å². The summed E-state index contributed by atoms with van der Waals surface area (Å²) in [5.74, 6) is 1.30. The zero-order valence-corrected chi connectivity index (χ0v) is 22.2. The molecule has 1 saturated carbocycles. The molecule has 2 aromatic rings. The van der Waals surface area contributed by atoms with Gasteiger partial charge in [-0.1, -0.05) is 19.4 Å². The Hall–Kier alpha value is -2.68. The molecule has 0 saturated heterocycles. The summed E-state index contributed by atoms with van der Waals surface area (Å²) in [6, 6.07) is 8.92. The number of benzene rings is 2. The summed E-state index contributed by atoms with van der Waals surface area (Å²) in [5.41, 5.74) is 1.89. The minimum atomic E-state index is -0.655. The van der Waals surface area contributed by atoms with Crippen LogP contribution in [0.4, 0.5) is 0 Å². The maximum atomic E-state index is 10.8. The highest BCUT2D eigenvalue weighted by molar-refractivity contribution is 5.52. The van der Waals surface area contributed by atoms with E-state index in [1.807, 2.05) is 12.1 Å². The molecule has 0 aromatic heterocycles. The number of hydrogen-bond donors (Lipinski definition) is 4. The third-order valence-electron chi connectivity index (χ3n) is 7.27. The zero-order valence-electron chi connectivity index (χ0n) is 22.2. The average Bonchev–Trinajstić information content (AvgIpc) is 3.41. The lowest BCUT2D eigenvalue weighted by molar-refractivity contribution is -0.0897. The highest BCUT2D eigenvalue weighted by Crippen LogP contribution is 2.38. The predicted molar refractivity (Wildman–Crippen MR) is 141 cm³/mol. The summed E-state index contributed by atoms with van der Waals surface area (Å²) < 4.78 is 22.2. The second-order valence-electron chi connectivity index (χ2n) is 9.81. The van der Waals surface area contributed by atoms with Gasteiger partial charge in [-0.3, -0.25) is 0 Å². The van der Waals surface area contributed by atoms with Gasteiger partial charge in [0.15, 0.2) is 23.0 Å². The number of aliphatic hydroxyl groups is 2. The van der Waals surface area contributed by atoms with Gasteiger partial charge in [-0.05, 0) is 92.7 Å². The third kappa shape index (κ3) is 8.15. The summed E-state index contributed by atoms with van der Waals surface area (Å²) in [4.78, 5) is 0. The summed E-state index contributed by atoms with van der Waals surface area (Å²) >= 11 is 0. The lowest BCUT2D eigenvalue weighted by Crippen LogP contribution is -2.30. The van der Waals surface area contributed by atoms with Crippen molar-refractivity contribution in [3.05, 3.63) is 41.5 Å². The molecule has 2 aromatic carbocycles. The van der Waals surface area contributed by atoms with Crippen LogP contribution >= 0.6 is 0 Å². The highest BCUT2D eigenvalue weighted by atomic mass is 16.6. The van der Waals surface area contributed by atoms with Crippen LogP contribution in [0.25, 0.3) is 0 Å². The Morgan fingerprint density at radius 2 is 1.59 bits per heavy atom. The Bertz CT molecular complexity index is 947. The summed E-state index contributed by atoms with van der Waals surface area (Å²) in [6.07, 6.45) is 6.33. The molecule has 8 heteroatoms. The van der Waals surface area contributed by atoms with Gasteiger partial charge in [0.2, 0.25) is 5.75 Å². The van der Waals surface area contributed by atoms with E-state index in [1.165, 1.54) is 14.2 Å². The number of rotatable bonds is 15. The van der Waals surface area contributed by atoms with Crippen molar-refractivity contribution in [1.29, 1.82) is 0 Å². The van der Waals surface area contributed by atoms with E-state index in [2.05, 4.69) is 6.92 Å². The molecule has 0 unspecified atom stereocenters. The first-order valence-corrected chi connectivity index (χ1v) is 13.2. The number of ether oxygens (including phenoxy) is 4. The Balaban J connectivity index is 1.63. The van der Waals surface area contributed by atoms with Crippen molar-refractivity contribution in [3.63, 3.8) is 0 Å². The second kappa shape index (κ2) is 14.3. The van der Waals surface area contributed by atoms with Crippen LogP contribution in [0.15, 0.2) is 30.3 Å². The van der Waals surface area contributed by atoms with Crippen LogP contribution in [0.3, 0.4) is 0 Å². The molecule has 1 fully saturated rings. The molecule has 4 N–H and O–H groups in total. The number of aromatic hydroxyl groups is 2. The SMILES string of the molecule is CC[C@H](Cc1ccc(O)c(OC2CCCC2)c1)[C@@H](C[C@@H](O)CCc1cc(OC)c(O)c(OC)c1)OCO. The lowest BCUT2D eigenvalue weighted by atomic mass is 9.87. The summed E-state index contributed by atoms with van der Waals surface area (Å²) in [6.45, 7) is 1.64. The first-order valence-electron chi connectivity index (χ1n) is 13.2. The first kappa shape index (κ1) is 28.9. The van der Waals surface area contributed by atoms with Crippen LogP contribution < -0.4 is 14.2 Å². The molecule has 206 valence electrons. The van der Waals surface area contributed by atoms with Crippen LogP contribution in [-0.4, -0.2) is 59.8 Å². The molecule has 0 amide bonds. The summed E-state index contributed by atoms with van der Waals surface area (Å²) in [5, 5.41) is 40.8. The van der Waals surface area contributed by atoms with Crippen molar-refractivity contribution >= 4 is 0 Å². The molecular formula is C29H42O8. The number of phenols is 2. The second-order valence-corrected chi connectivity index (χ2v) is 9.81. The fourth-order valence-electron chi connectivity index (χ4n) is 5.11. The summed E-state index contributed by atoms with van der Waals surface area (Å²) in [7, 11) is 2.96. The number of hydrogen-bond acceptors (Lipinski definition) is 8. The van der Waals surface area contributed by atoms with Gasteiger partial charge in [0.25, 0.3) is 0 Å². The normalized spacial score (nSPS) is 16.4.